The predicted octanol–water partition coefficient (Wildman–Crippen LogP) is 6.35. The van der Waals surface area contributed by atoms with Crippen molar-refractivity contribution in [1.29, 1.82) is 0 Å². The number of benzene rings is 1. The molecule has 1 saturated carbocycles. The van der Waals surface area contributed by atoms with Crippen LogP contribution in [0, 0.1) is 6.92 Å². The number of nitrogens with zero attached hydrogens (tertiary/aromatic N) is 3. The van der Waals surface area contributed by atoms with E-state index in [0.29, 0.717) is 34.2 Å². The quantitative estimate of drug-likeness (QED) is 0.365. The second-order valence-corrected chi connectivity index (χ2v) is 12.9. The van der Waals surface area contributed by atoms with Crippen molar-refractivity contribution in [3.8, 4) is 5.75 Å². The Morgan fingerprint density at radius 2 is 1.93 bits per heavy atom. The molecule has 2 fully saturated rings. The van der Waals surface area contributed by atoms with E-state index >= 15 is 0 Å². The van der Waals surface area contributed by atoms with Crippen LogP contribution in [0.15, 0.2) is 30.5 Å². The molecule has 1 atom stereocenters. The number of hydrogen-bond donors (Lipinski definition) is 2. The van der Waals surface area contributed by atoms with Gasteiger partial charge < -0.3 is 25.0 Å². The Morgan fingerprint density at radius 1 is 1.12 bits per heavy atom. The summed E-state index contributed by atoms with van der Waals surface area (Å²) in [4.78, 5) is 48.5. The zero-order valence-corrected chi connectivity index (χ0v) is 24.6. The lowest BCUT2D eigenvalue weighted by Gasteiger charge is -2.34. The predicted molar refractivity (Wildman–Crippen MR) is 159 cm³/mol. The van der Waals surface area contributed by atoms with Crippen LogP contribution in [0.3, 0.4) is 0 Å². The Kier molecular flexibility index (Phi) is 7.01. The van der Waals surface area contributed by atoms with E-state index in [4.69, 9.17) is 9.47 Å². The van der Waals surface area contributed by atoms with Crippen LogP contribution < -0.4 is 20.3 Å². The number of hydrogen-bond acceptors (Lipinski definition) is 7. The van der Waals surface area contributed by atoms with Crippen molar-refractivity contribution >= 4 is 56.6 Å². The van der Waals surface area contributed by atoms with E-state index in [-0.39, 0.29) is 30.2 Å². The molecule has 1 aromatic carbocycles. The highest BCUT2D eigenvalue weighted by atomic mass is 32.1. The normalized spacial score (nSPS) is 19.0. The SMILES string of the molecule is Cc1cc(OC2CCC2)ccc1N1C(=O)Nc2c(C(=O)NC3CCCN(C(=O)OC(C)(C)C)C3)sc3nccc1c23. The lowest BCUT2D eigenvalue weighted by atomic mass is 9.96. The number of amides is 4. The van der Waals surface area contributed by atoms with Crippen LogP contribution in [-0.4, -0.2) is 58.8 Å². The van der Waals surface area contributed by atoms with Crippen molar-refractivity contribution in [1.82, 2.24) is 15.2 Å². The maximum absolute atomic E-state index is 13.5. The van der Waals surface area contributed by atoms with Gasteiger partial charge in [-0.15, -0.1) is 11.3 Å². The molecule has 3 aliphatic rings. The first-order valence-corrected chi connectivity index (χ1v) is 15.0. The molecule has 216 valence electrons. The van der Waals surface area contributed by atoms with Crippen LogP contribution in [0.1, 0.15) is 68.1 Å². The molecule has 4 amide bonds. The Bertz CT molecular complexity index is 1530. The van der Waals surface area contributed by atoms with Gasteiger partial charge in [0.1, 0.15) is 21.1 Å². The molecule has 2 aromatic heterocycles. The van der Waals surface area contributed by atoms with Crippen molar-refractivity contribution in [2.45, 2.75) is 77.5 Å². The first-order valence-electron chi connectivity index (χ1n) is 14.2. The molecule has 3 aromatic rings. The van der Waals surface area contributed by atoms with Crippen molar-refractivity contribution in [2.24, 2.45) is 0 Å². The van der Waals surface area contributed by atoms with Gasteiger partial charge in [0.2, 0.25) is 0 Å². The Morgan fingerprint density at radius 3 is 2.63 bits per heavy atom. The number of likely N-dealkylation sites (tertiary alicyclic amines) is 1. The third kappa shape index (κ3) is 5.42. The summed E-state index contributed by atoms with van der Waals surface area (Å²) in [7, 11) is 0. The number of thiophene rings is 1. The second-order valence-electron chi connectivity index (χ2n) is 11.9. The summed E-state index contributed by atoms with van der Waals surface area (Å²) in [6, 6.07) is 7.00. The highest BCUT2D eigenvalue weighted by Gasteiger charge is 2.35. The fraction of sp³-hybridized carbons (Fsp3) is 0.467. The van der Waals surface area contributed by atoms with Gasteiger partial charge >= 0.3 is 12.1 Å². The molecule has 2 N–H and O–H groups in total. The van der Waals surface area contributed by atoms with Gasteiger partial charge in [0.05, 0.1) is 28.6 Å². The van der Waals surface area contributed by atoms with Crippen LogP contribution in [0.2, 0.25) is 0 Å². The summed E-state index contributed by atoms with van der Waals surface area (Å²) < 4.78 is 11.6. The summed E-state index contributed by atoms with van der Waals surface area (Å²) in [6.07, 6.45) is 6.39. The molecule has 10 nitrogen and oxygen atoms in total. The molecule has 11 heteroatoms. The van der Waals surface area contributed by atoms with Gasteiger partial charge in [0.15, 0.2) is 0 Å². The standard InChI is InChI=1S/C30H35N5O5S/c1-17-15-20(39-19-8-5-9-19)10-11-21(17)35-22-12-13-31-27-23(22)24(33-28(35)37)25(41-27)26(36)32-18-7-6-14-34(16-18)29(38)40-30(2,3)4/h10-13,15,18-19H,5-9,14,16H2,1-4H3,(H,32,36)(H,33,37). The number of aryl methyl sites for hydroxylation is 1. The number of carbonyl (C=O) groups excluding carboxylic acids is 3. The summed E-state index contributed by atoms with van der Waals surface area (Å²) in [6.45, 7) is 8.41. The molecular weight excluding hydrogens is 542 g/mol. The van der Waals surface area contributed by atoms with E-state index in [0.717, 1.165) is 48.1 Å². The third-order valence-electron chi connectivity index (χ3n) is 7.62. The summed E-state index contributed by atoms with van der Waals surface area (Å²) >= 11 is 1.25. The first kappa shape index (κ1) is 27.3. The van der Waals surface area contributed by atoms with Crippen LogP contribution in [0.25, 0.3) is 10.2 Å². The zero-order chi connectivity index (χ0) is 28.9. The van der Waals surface area contributed by atoms with Crippen LogP contribution in [-0.2, 0) is 4.74 Å². The molecule has 2 aliphatic heterocycles. The Balaban J connectivity index is 1.24. The number of anilines is 3. The van der Waals surface area contributed by atoms with E-state index < -0.39 is 5.60 Å². The number of aromatic nitrogens is 1. The molecule has 0 spiro atoms. The molecular formula is C30H35N5O5S. The average molecular weight is 578 g/mol. The van der Waals surface area contributed by atoms with Crippen LogP contribution >= 0.6 is 11.3 Å². The summed E-state index contributed by atoms with van der Waals surface area (Å²) in [5, 5.41) is 6.77. The van der Waals surface area contributed by atoms with Gasteiger partial charge in [-0.3, -0.25) is 9.69 Å². The van der Waals surface area contributed by atoms with Crippen molar-refractivity contribution < 1.29 is 23.9 Å². The van der Waals surface area contributed by atoms with Crippen molar-refractivity contribution in [3.05, 3.63) is 40.9 Å². The molecule has 1 aliphatic carbocycles. The number of rotatable bonds is 5. The summed E-state index contributed by atoms with van der Waals surface area (Å²) in [5.74, 6) is 0.504. The average Bonchev–Trinajstić information content (AvgIpc) is 3.26. The Labute approximate surface area is 243 Å². The number of carbonyl (C=O) groups is 3. The van der Waals surface area contributed by atoms with Crippen LogP contribution in [0.5, 0.6) is 5.75 Å². The van der Waals surface area contributed by atoms with E-state index in [9.17, 15) is 14.4 Å². The number of piperidine rings is 1. The van der Waals surface area contributed by atoms with Crippen LogP contribution in [0.4, 0.5) is 26.7 Å². The maximum atomic E-state index is 13.5. The van der Waals surface area contributed by atoms with Gasteiger partial charge in [0, 0.05) is 25.3 Å². The van der Waals surface area contributed by atoms with Gasteiger partial charge in [-0.25, -0.2) is 14.6 Å². The highest BCUT2D eigenvalue weighted by Crippen LogP contribution is 2.46. The van der Waals surface area contributed by atoms with Gasteiger partial charge in [-0.05, 0) is 89.6 Å². The fourth-order valence-corrected chi connectivity index (χ4v) is 6.48. The minimum Gasteiger partial charge on any atom is -0.490 e. The molecule has 41 heavy (non-hydrogen) atoms. The fourth-order valence-electron chi connectivity index (χ4n) is 5.45. The lowest BCUT2D eigenvalue weighted by Crippen LogP contribution is -2.50. The van der Waals surface area contributed by atoms with Gasteiger partial charge in [0.25, 0.3) is 5.91 Å². The van der Waals surface area contributed by atoms with E-state index in [1.54, 1.807) is 22.1 Å². The molecule has 1 unspecified atom stereocenters. The topological polar surface area (TPSA) is 113 Å². The second kappa shape index (κ2) is 10.5. The van der Waals surface area contributed by atoms with Crippen molar-refractivity contribution in [2.75, 3.05) is 23.3 Å². The molecule has 0 radical (unpaired) electrons. The minimum atomic E-state index is -0.589. The number of pyridine rings is 1. The number of nitrogens with one attached hydrogen (secondary N) is 2. The number of ether oxygens (including phenoxy) is 2. The maximum Gasteiger partial charge on any atom is 0.410 e. The first-order chi connectivity index (χ1) is 19.6. The van der Waals surface area contributed by atoms with Gasteiger partial charge in [-0.1, -0.05) is 0 Å². The largest absolute Gasteiger partial charge is 0.490 e. The molecule has 1 saturated heterocycles. The molecule has 0 bridgehead atoms. The van der Waals surface area contributed by atoms with E-state index in [1.807, 2.05) is 45.9 Å². The van der Waals surface area contributed by atoms with E-state index in [2.05, 4.69) is 15.6 Å². The number of urea groups is 1. The zero-order valence-electron chi connectivity index (χ0n) is 23.8. The van der Waals surface area contributed by atoms with Crippen molar-refractivity contribution in [3.63, 3.8) is 0 Å². The smallest absolute Gasteiger partial charge is 0.410 e. The Hall–Kier alpha value is -3.86. The monoisotopic (exact) mass is 577 g/mol. The summed E-state index contributed by atoms with van der Waals surface area (Å²) in [5.41, 5.74) is 2.20. The van der Waals surface area contributed by atoms with Gasteiger partial charge in [-0.2, -0.15) is 0 Å². The highest BCUT2D eigenvalue weighted by molar-refractivity contribution is 7.21. The lowest BCUT2D eigenvalue weighted by molar-refractivity contribution is 0.0185. The molecule has 4 heterocycles. The third-order valence-corrected chi connectivity index (χ3v) is 8.72. The minimum absolute atomic E-state index is 0.229. The molecule has 6 rings (SSSR count). The van der Waals surface area contributed by atoms with E-state index in [1.165, 1.54) is 17.8 Å².